The van der Waals surface area contributed by atoms with Gasteiger partial charge in [-0.1, -0.05) is 13.0 Å². The average molecular weight is 416 g/mol. The Hall–Kier alpha value is -2.54. The van der Waals surface area contributed by atoms with Crippen molar-refractivity contribution in [2.24, 2.45) is 5.92 Å². The van der Waals surface area contributed by atoms with E-state index in [1.165, 1.54) is 21.8 Å². The minimum Gasteiger partial charge on any atom is -0.486 e. The Morgan fingerprint density at radius 3 is 2.83 bits per heavy atom. The lowest BCUT2D eigenvalue weighted by molar-refractivity contribution is -0.133. The van der Waals surface area contributed by atoms with E-state index in [0.29, 0.717) is 36.3 Å². The Labute approximate surface area is 174 Å². The van der Waals surface area contributed by atoms with Crippen molar-refractivity contribution in [2.75, 3.05) is 26.9 Å². The van der Waals surface area contributed by atoms with Gasteiger partial charge in [0.2, 0.25) is 0 Å². The number of fused-ring (bicyclic) bond motifs is 2. The largest absolute Gasteiger partial charge is 0.486 e. The smallest absolute Gasteiger partial charge is 0.348 e. The highest BCUT2D eigenvalue weighted by molar-refractivity contribution is 7.14. The summed E-state index contributed by atoms with van der Waals surface area (Å²) in [5.74, 6) is 1.39. The van der Waals surface area contributed by atoms with E-state index in [0.717, 1.165) is 30.6 Å². The molecule has 0 saturated heterocycles. The summed E-state index contributed by atoms with van der Waals surface area (Å²) in [6.07, 6.45) is 3.19. The molecular weight excluding hydrogens is 390 g/mol. The Morgan fingerprint density at radius 1 is 1.21 bits per heavy atom. The lowest BCUT2D eigenvalue weighted by Gasteiger charge is -2.21. The molecule has 4 rings (SSSR count). The fraction of sp³-hybridized carbons (Fsp3) is 0.455. The van der Waals surface area contributed by atoms with Crippen molar-refractivity contribution < 1.29 is 23.8 Å². The van der Waals surface area contributed by atoms with Crippen LogP contribution in [-0.4, -0.2) is 43.6 Å². The van der Waals surface area contributed by atoms with Gasteiger partial charge < -0.3 is 19.1 Å². The predicted molar refractivity (Wildman–Crippen MR) is 110 cm³/mol. The standard InChI is InChI=1S/C22H25NO5S/c1-14-3-6-19-16(9-14)11-20(29-19)22(25)28-13-21(24)23(2)12-15-4-5-17-18(10-15)27-8-7-26-17/h4-5,10-11,14H,3,6-9,12-13H2,1-2H3/t14-/m1/s1. The zero-order valence-electron chi connectivity index (χ0n) is 16.7. The molecule has 1 aromatic carbocycles. The highest BCUT2D eigenvalue weighted by atomic mass is 32.1. The van der Waals surface area contributed by atoms with Gasteiger partial charge in [-0.2, -0.15) is 0 Å². The molecule has 0 bridgehead atoms. The van der Waals surface area contributed by atoms with E-state index in [4.69, 9.17) is 14.2 Å². The van der Waals surface area contributed by atoms with Crippen LogP contribution in [0.1, 0.15) is 39.0 Å². The van der Waals surface area contributed by atoms with Crippen molar-refractivity contribution in [1.82, 2.24) is 4.90 Å². The maximum atomic E-state index is 12.4. The number of likely N-dealkylation sites (N-methyl/N-ethyl adjacent to an activating group) is 1. The molecule has 1 amide bonds. The average Bonchev–Trinajstić information content (AvgIpc) is 3.15. The molecular formula is C22H25NO5S. The maximum Gasteiger partial charge on any atom is 0.348 e. The SMILES string of the molecule is C[C@@H]1CCc2sc(C(=O)OCC(=O)N(C)Cc3ccc4c(c3)OCCO4)cc2C1. The van der Waals surface area contributed by atoms with Crippen LogP contribution >= 0.6 is 11.3 Å². The van der Waals surface area contributed by atoms with E-state index in [1.54, 1.807) is 11.9 Å². The van der Waals surface area contributed by atoms with Crippen LogP contribution < -0.4 is 9.47 Å². The Bertz CT molecular complexity index is 922. The zero-order chi connectivity index (χ0) is 20.4. The van der Waals surface area contributed by atoms with Crippen LogP contribution in [0.2, 0.25) is 0 Å². The summed E-state index contributed by atoms with van der Waals surface area (Å²) < 4.78 is 16.4. The van der Waals surface area contributed by atoms with Gasteiger partial charge in [-0.15, -0.1) is 11.3 Å². The Morgan fingerprint density at radius 2 is 2.00 bits per heavy atom. The summed E-state index contributed by atoms with van der Waals surface area (Å²) in [6.45, 7) is 3.43. The fourth-order valence-corrected chi connectivity index (χ4v) is 4.77. The first-order valence-corrected chi connectivity index (χ1v) is 10.7. The first-order valence-electron chi connectivity index (χ1n) is 9.91. The molecule has 0 saturated carbocycles. The summed E-state index contributed by atoms with van der Waals surface area (Å²) >= 11 is 1.50. The lowest BCUT2D eigenvalue weighted by Crippen LogP contribution is -2.30. The van der Waals surface area contributed by atoms with Crippen molar-refractivity contribution in [3.05, 3.63) is 45.1 Å². The van der Waals surface area contributed by atoms with Gasteiger partial charge in [0.1, 0.15) is 18.1 Å². The summed E-state index contributed by atoms with van der Waals surface area (Å²) in [5.41, 5.74) is 2.18. The quantitative estimate of drug-likeness (QED) is 0.700. The van der Waals surface area contributed by atoms with Crippen molar-refractivity contribution in [3.8, 4) is 11.5 Å². The first kappa shape index (κ1) is 19.8. The first-order chi connectivity index (χ1) is 14.0. The zero-order valence-corrected chi connectivity index (χ0v) is 17.5. The number of aryl methyl sites for hydroxylation is 1. The molecule has 1 atom stereocenters. The highest BCUT2D eigenvalue weighted by Gasteiger charge is 2.22. The Kier molecular flexibility index (Phi) is 5.76. The third-order valence-corrected chi connectivity index (χ3v) is 6.53. The summed E-state index contributed by atoms with van der Waals surface area (Å²) in [7, 11) is 1.69. The molecule has 1 aromatic heterocycles. The maximum absolute atomic E-state index is 12.4. The van der Waals surface area contributed by atoms with Crippen LogP contribution in [0, 0.1) is 5.92 Å². The van der Waals surface area contributed by atoms with Crippen LogP contribution in [0.3, 0.4) is 0 Å². The molecule has 0 fully saturated rings. The predicted octanol–water partition coefficient (Wildman–Crippen LogP) is 3.46. The monoisotopic (exact) mass is 415 g/mol. The number of amides is 1. The number of ether oxygens (including phenoxy) is 3. The van der Waals surface area contributed by atoms with Crippen molar-refractivity contribution in [1.29, 1.82) is 0 Å². The van der Waals surface area contributed by atoms with E-state index in [2.05, 4.69) is 6.92 Å². The van der Waals surface area contributed by atoms with Gasteiger partial charge in [-0.3, -0.25) is 4.79 Å². The number of carbonyl (C=O) groups is 2. The van der Waals surface area contributed by atoms with E-state index in [9.17, 15) is 9.59 Å². The molecule has 0 radical (unpaired) electrons. The van der Waals surface area contributed by atoms with E-state index < -0.39 is 5.97 Å². The van der Waals surface area contributed by atoms with Gasteiger partial charge in [0, 0.05) is 18.5 Å². The minimum atomic E-state index is -0.418. The second-order valence-corrected chi connectivity index (χ2v) is 8.85. The molecule has 6 nitrogen and oxygen atoms in total. The van der Waals surface area contributed by atoms with Crippen LogP contribution in [-0.2, 0) is 28.9 Å². The third kappa shape index (κ3) is 4.56. The second kappa shape index (κ2) is 8.45. The number of hydrogen-bond donors (Lipinski definition) is 0. The number of thiophene rings is 1. The molecule has 154 valence electrons. The van der Waals surface area contributed by atoms with Gasteiger partial charge in [0.15, 0.2) is 18.1 Å². The van der Waals surface area contributed by atoms with Gasteiger partial charge >= 0.3 is 5.97 Å². The molecule has 0 spiro atoms. The van der Waals surface area contributed by atoms with Crippen LogP contribution in [0.5, 0.6) is 11.5 Å². The fourth-order valence-electron chi connectivity index (χ4n) is 3.66. The molecule has 0 N–H and O–H groups in total. The summed E-state index contributed by atoms with van der Waals surface area (Å²) in [5, 5.41) is 0. The van der Waals surface area contributed by atoms with Crippen molar-refractivity contribution in [3.63, 3.8) is 0 Å². The van der Waals surface area contributed by atoms with E-state index in [1.807, 2.05) is 24.3 Å². The second-order valence-electron chi connectivity index (χ2n) is 7.71. The third-order valence-electron chi connectivity index (χ3n) is 5.31. The molecule has 2 aliphatic rings. The normalized spacial score (nSPS) is 17.4. The lowest BCUT2D eigenvalue weighted by atomic mass is 9.90. The molecule has 1 aliphatic carbocycles. The molecule has 29 heavy (non-hydrogen) atoms. The molecule has 1 aliphatic heterocycles. The molecule has 7 heteroatoms. The number of esters is 1. The number of nitrogens with zero attached hydrogens (tertiary/aromatic N) is 1. The summed E-state index contributed by atoms with van der Waals surface area (Å²) in [4.78, 5) is 28.2. The van der Waals surface area contributed by atoms with Gasteiger partial charge in [0.05, 0.1) is 0 Å². The molecule has 2 heterocycles. The van der Waals surface area contributed by atoms with Gasteiger partial charge in [0.25, 0.3) is 5.91 Å². The number of benzene rings is 1. The molecule has 0 unspecified atom stereocenters. The number of rotatable bonds is 5. The van der Waals surface area contributed by atoms with Gasteiger partial charge in [-0.05, 0) is 54.5 Å². The minimum absolute atomic E-state index is 0.247. The van der Waals surface area contributed by atoms with Crippen LogP contribution in [0.15, 0.2) is 24.3 Å². The highest BCUT2D eigenvalue weighted by Crippen LogP contribution is 2.33. The van der Waals surface area contributed by atoms with E-state index in [-0.39, 0.29) is 12.5 Å². The number of hydrogen-bond acceptors (Lipinski definition) is 6. The Balaban J connectivity index is 1.30. The topological polar surface area (TPSA) is 65.1 Å². The van der Waals surface area contributed by atoms with Gasteiger partial charge in [-0.25, -0.2) is 4.79 Å². The van der Waals surface area contributed by atoms with E-state index >= 15 is 0 Å². The molecule has 2 aromatic rings. The van der Waals surface area contributed by atoms with Crippen molar-refractivity contribution in [2.45, 2.75) is 32.7 Å². The van der Waals surface area contributed by atoms with Crippen LogP contribution in [0.4, 0.5) is 0 Å². The van der Waals surface area contributed by atoms with Crippen LogP contribution in [0.25, 0.3) is 0 Å². The number of carbonyl (C=O) groups excluding carboxylic acids is 2. The van der Waals surface area contributed by atoms with Crippen molar-refractivity contribution >= 4 is 23.2 Å². The summed E-state index contributed by atoms with van der Waals surface area (Å²) in [6, 6.07) is 7.56.